The van der Waals surface area contributed by atoms with Crippen LogP contribution in [0.25, 0.3) is 11.2 Å². The van der Waals surface area contributed by atoms with Crippen LogP contribution in [0.5, 0.6) is 5.75 Å². The van der Waals surface area contributed by atoms with Gasteiger partial charge in [-0.15, -0.1) is 0 Å². The Hall–Kier alpha value is -4.00. The minimum Gasteiger partial charge on any atom is -0.465 e. The van der Waals surface area contributed by atoms with Crippen LogP contribution in [0, 0.1) is 5.92 Å². The van der Waals surface area contributed by atoms with Crippen molar-refractivity contribution in [2.75, 3.05) is 18.9 Å². The summed E-state index contributed by atoms with van der Waals surface area (Å²) < 4.78 is 38.1. The standard InChI is InChI=1S/C25H29N6O8P/c1-14-17-12-37-40(35,39-16-7-4-3-5-8-16)30-15(2)24(34)36-10-6-9-20(32)38-19(17)11-18(14)31-13-27-21-22(31)28-25(26)29-23(21)33/h3-5,7-8,13,15,17-19H,1,6,9-12H2,2H3,(H,30,35)(H3,26,28,29,33)/t15-,17-,18-,19-,40?/m0/s1. The molecule has 5 atom stereocenters. The van der Waals surface area contributed by atoms with Gasteiger partial charge in [0, 0.05) is 18.8 Å². The summed E-state index contributed by atoms with van der Waals surface area (Å²) in [5.41, 5.74) is 6.18. The van der Waals surface area contributed by atoms with E-state index in [9.17, 15) is 18.9 Å². The molecule has 1 saturated heterocycles. The second-order valence-corrected chi connectivity index (χ2v) is 11.2. The van der Waals surface area contributed by atoms with E-state index >= 15 is 0 Å². The third-order valence-electron chi connectivity index (χ3n) is 6.75. The number of carbonyl (C=O) groups excluding carboxylic acids is 2. The molecule has 1 aliphatic carbocycles. The van der Waals surface area contributed by atoms with E-state index in [0.717, 1.165) is 0 Å². The van der Waals surface area contributed by atoms with Crippen LogP contribution in [-0.4, -0.2) is 56.8 Å². The number of carbonyl (C=O) groups is 2. The number of aromatic nitrogens is 4. The van der Waals surface area contributed by atoms with Crippen molar-refractivity contribution in [2.45, 2.75) is 44.4 Å². The first-order valence-electron chi connectivity index (χ1n) is 12.7. The topological polar surface area (TPSA) is 190 Å². The molecule has 2 fully saturated rings. The fourth-order valence-corrected chi connectivity index (χ4v) is 6.27. The lowest BCUT2D eigenvalue weighted by Gasteiger charge is -2.26. The molecule has 4 N–H and O–H groups in total. The quantitative estimate of drug-likeness (QED) is 0.236. The van der Waals surface area contributed by atoms with Gasteiger partial charge in [0.2, 0.25) is 5.95 Å². The number of nitrogens with two attached hydrogens (primary N) is 1. The van der Waals surface area contributed by atoms with Crippen molar-refractivity contribution in [3.8, 4) is 5.75 Å². The lowest BCUT2D eigenvalue weighted by molar-refractivity contribution is -0.153. The minimum atomic E-state index is -4.15. The van der Waals surface area contributed by atoms with Gasteiger partial charge >= 0.3 is 19.7 Å². The molecule has 2 aromatic heterocycles. The van der Waals surface area contributed by atoms with Crippen LogP contribution in [0.3, 0.4) is 0 Å². The van der Waals surface area contributed by atoms with Crippen LogP contribution >= 0.6 is 7.75 Å². The summed E-state index contributed by atoms with van der Waals surface area (Å²) in [6, 6.07) is 6.82. The zero-order valence-electron chi connectivity index (χ0n) is 21.6. The van der Waals surface area contributed by atoms with Crippen LogP contribution in [0.15, 0.2) is 53.6 Å². The lowest BCUT2D eigenvalue weighted by Crippen LogP contribution is -2.36. The number of nitrogen functional groups attached to an aromatic ring is 1. The minimum absolute atomic E-state index is 0.0212. The van der Waals surface area contributed by atoms with Crippen LogP contribution in [0.2, 0.25) is 0 Å². The molecule has 1 aromatic carbocycles. The molecule has 40 heavy (non-hydrogen) atoms. The Balaban J connectivity index is 1.47. The van der Waals surface area contributed by atoms with Gasteiger partial charge in [0.25, 0.3) is 5.56 Å². The van der Waals surface area contributed by atoms with Crippen molar-refractivity contribution in [3.63, 3.8) is 0 Å². The van der Waals surface area contributed by atoms with Gasteiger partial charge in [0.15, 0.2) is 11.2 Å². The Labute approximate surface area is 228 Å². The molecule has 1 saturated carbocycles. The second kappa shape index (κ2) is 11.2. The first-order valence-corrected chi connectivity index (χ1v) is 14.2. The molecule has 3 aromatic rings. The number of hydrogen-bond acceptors (Lipinski definition) is 11. The molecule has 14 nitrogen and oxygen atoms in total. The van der Waals surface area contributed by atoms with Crippen LogP contribution in [-0.2, 0) is 28.2 Å². The number of esters is 2. The molecule has 0 spiro atoms. The number of hydrogen-bond donors (Lipinski definition) is 3. The van der Waals surface area contributed by atoms with Gasteiger partial charge in [-0.2, -0.15) is 10.1 Å². The molecule has 212 valence electrons. The summed E-state index contributed by atoms with van der Waals surface area (Å²) in [5, 5.41) is 2.65. The van der Waals surface area contributed by atoms with Gasteiger partial charge in [0.05, 0.1) is 25.6 Å². The van der Waals surface area contributed by atoms with E-state index in [1.807, 2.05) is 0 Å². The molecule has 0 radical (unpaired) electrons. The Bertz CT molecular complexity index is 1540. The highest BCUT2D eigenvalue weighted by Crippen LogP contribution is 2.48. The van der Waals surface area contributed by atoms with E-state index in [1.165, 1.54) is 13.3 Å². The molecule has 1 aliphatic heterocycles. The van der Waals surface area contributed by atoms with Crippen molar-refractivity contribution in [1.82, 2.24) is 24.6 Å². The summed E-state index contributed by atoms with van der Waals surface area (Å²) >= 11 is 0. The van der Waals surface area contributed by atoms with Crippen molar-refractivity contribution < 1.29 is 32.7 Å². The van der Waals surface area contributed by atoms with Crippen molar-refractivity contribution >= 4 is 36.8 Å². The fourth-order valence-electron chi connectivity index (χ4n) is 4.75. The Morgan fingerprint density at radius 3 is 2.77 bits per heavy atom. The smallest absolute Gasteiger partial charge is 0.459 e. The Kier molecular flexibility index (Phi) is 7.74. The summed E-state index contributed by atoms with van der Waals surface area (Å²) in [7, 11) is -4.15. The van der Waals surface area contributed by atoms with E-state index in [2.05, 4.69) is 26.6 Å². The van der Waals surface area contributed by atoms with E-state index in [4.69, 9.17) is 24.3 Å². The fraction of sp³-hybridized carbons (Fsp3) is 0.400. The highest BCUT2D eigenvalue weighted by atomic mass is 31.2. The zero-order valence-corrected chi connectivity index (χ0v) is 22.5. The van der Waals surface area contributed by atoms with Crippen molar-refractivity contribution in [3.05, 3.63) is 59.2 Å². The molecular formula is C25H29N6O8P. The van der Waals surface area contributed by atoms with Crippen LogP contribution in [0.1, 0.15) is 32.2 Å². The highest BCUT2D eigenvalue weighted by molar-refractivity contribution is 7.52. The van der Waals surface area contributed by atoms with E-state index in [-0.39, 0.29) is 55.3 Å². The maximum atomic E-state index is 13.9. The number of H-pyrrole nitrogens is 1. The number of rotatable bonds is 3. The molecule has 15 heteroatoms. The average molecular weight is 573 g/mol. The van der Waals surface area contributed by atoms with E-state index in [1.54, 1.807) is 34.9 Å². The van der Waals surface area contributed by atoms with Gasteiger partial charge in [-0.3, -0.25) is 23.9 Å². The lowest BCUT2D eigenvalue weighted by atomic mass is 10.0. The normalized spacial score (nSPS) is 28.4. The first kappa shape index (κ1) is 27.6. The zero-order chi connectivity index (χ0) is 28.4. The number of nitrogens with zero attached hydrogens (tertiary/aromatic N) is 3. The SMILES string of the molecule is C=C1[C@@H]2COP(=O)(Oc3ccccc3)N[C@@H](C)C(=O)OCCCC(=O)O[C@H]2C[C@@H]1n1cnc2c(=O)[nH]c(N)nc21. The number of fused-ring (bicyclic) bond motifs is 2. The van der Waals surface area contributed by atoms with Gasteiger partial charge < -0.3 is 24.3 Å². The highest BCUT2D eigenvalue weighted by Gasteiger charge is 2.44. The number of benzene rings is 1. The van der Waals surface area contributed by atoms with Gasteiger partial charge in [0.1, 0.15) is 17.9 Å². The van der Waals surface area contributed by atoms with Crippen molar-refractivity contribution in [2.24, 2.45) is 5.92 Å². The van der Waals surface area contributed by atoms with Crippen molar-refractivity contribution in [1.29, 1.82) is 0 Å². The molecule has 1 unspecified atom stereocenters. The number of ether oxygens (including phenoxy) is 2. The molecule has 3 heterocycles. The summed E-state index contributed by atoms with van der Waals surface area (Å²) in [6.07, 6.45) is 1.26. The predicted octanol–water partition coefficient (Wildman–Crippen LogP) is 2.25. The summed E-state index contributed by atoms with van der Waals surface area (Å²) in [5.74, 6) is -1.62. The first-order chi connectivity index (χ1) is 19.1. The maximum absolute atomic E-state index is 13.9. The molecule has 2 aliphatic rings. The maximum Gasteiger partial charge on any atom is 0.459 e. The monoisotopic (exact) mass is 572 g/mol. The number of nitrogens with one attached hydrogen (secondary N) is 2. The average Bonchev–Trinajstić information content (AvgIpc) is 3.45. The van der Waals surface area contributed by atoms with E-state index in [0.29, 0.717) is 5.57 Å². The van der Waals surface area contributed by atoms with Gasteiger partial charge in [-0.25, -0.2) is 9.55 Å². The predicted molar refractivity (Wildman–Crippen MR) is 142 cm³/mol. The largest absolute Gasteiger partial charge is 0.465 e. The Morgan fingerprint density at radius 2 is 2.00 bits per heavy atom. The van der Waals surface area contributed by atoms with Gasteiger partial charge in [-0.1, -0.05) is 24.8 Å². The van der Waals surface area contributed by atoms with Crippen LogP contribution < -0.4 is 20.9 Å². The molecular weight excluding hydrogens is 543 g/mol. The summed E-state index contributed by atoms with van der Waals surface area (Å²) in [4.78, 5) is 48.3. The number of aromatic amines is 1. The molecule has 0 bridgehead atoms. The number of para-hydroxylation sites is 1. The molecule has 0 amide bonds. The molecule has 5 rings (SSSR count). The third kappa shape index (κ3) is 5.79. The third-order valence-corrected chi connectivity index (χ3v) is 8.39. The number of anilines is 1. The van der Waals surface area contributed by atoms with Crippen LogP contribution in [0.4, 0.5) is 5.95 Å². The van der Waals surface area contributed by atoms with E-state index < -0.39 is 49.3 Å². The number of imidazole rings is 1. The summed E-state index contributed by atoms with van der Waals surface area (Å²) in [6.45, 7) is 5.44. The van der Waals surface area contributed by atoms with Gasteiger partial charge in [-0.05, 0) is 31.1 Å². The second-order valence-electron chi connectivity index (χ2n) is 9.56. The number of cyclic esters (lactones) is 1. The Morgan fingerprint density at radius 1 is 1.23 bits per heavy atom.